The minimum atomic E-state index is -0.676. The zero-order valence-electron chi connectivity index (χ0n) is 19.5. The van der Waals surface area contributed by atoms with Crippen molar-refractivity contribution >= 4 is 17.4 Å². The van der Waals surface area contributed by atoms with Crippen LogP contribution in [0.15, 0.2) is 54.4 Å². The Bertz CT molecular complexity index is 1020. The van der Waals surface area contributed by atoms with Crippen LogP contribution in [0.5, 0.6) is 5.75 Å². The van der Waals surface area contributed by atoms with Crippen molar-refractivity contribution in [2.24, 2.45) is 0 Å². The molecule has 2 aliphatic rings. The second kappa shape index (κ2) is 11.3. The molecule has 0 spiro atoms. The van der Waals surface area contributed by atoms with Gasteiger partial charge >= 0.3 is 0 Å². The van der Waals surface area contributed by atoms with E-state index in [0.717, 1.165) is 31.5 Å². The number of hydrogen-bond acceptors (Lipinski definition) is 7. The van der Waals surface area contributed by atoms with Crippen molar-refractivity contribution in [2.75, 3.05) is 46.0 Å². The van der Waals surface area contributed by atoms with Gasteiger partial charge in [0.2, 0.25) is 0 Å². The summed E-state index contributed by atoms with van der Waals surface area (Å²) in [5, 5.41) is 11.2. The van der Waals surface area contributed by atoms with Crippen LogP contribution in [-0.2, 0) is 14.3 Å². The molecule has 8 heteroatoms. The number of aromatic nitrogens is 1. The SMILES string of the molecule is CCCCOc1ccc(/C(O)=C2\C(=O)C(=O)N(CCN3CCOCC3)[C@H]2c2ccncc2)cc1. The maximum Gasteiger partial charge on any atom is 0.295 e. The lowest BCUT2D eigenvalue weighted by Crippen LogP contribution is -2.42. The van der Waals surface area contributed by atoms with Gasteiger partial charge in [-0.05, 0) is 48.4 Å². The van der Waals surface area contributed by atoms with Crippen molar-refractivity contribution < 1.29 is 24.2 Å². The van der Waals surface area contributed by atoms with E-state index in [1.807, 2.05) is 0 Å². The molecule has 1 N–H and O–H groups in total. The first-order valence-electron chi connectivity index (χ1n) is 11.8. The van der Waals surface area contributed by atoms with Gasteiger partial charge in [-0.2, -0.15) is 0 Å². The molecule has 1 atom stereocenters. The zero-order chi connectivity index (χ0) is 23.9. The van der Waals surface area contributed by atoms with Gasteiger partial charge in [-0.25, -0.2) is 0 Å². The molecule has 4 rings (SSSR count). The molecule has 0 aliphatic carbocycles. The highest BCUT2D eigenvalue weighted by atomic mass is 16.5. The summed E-state index contributed by atoms with van der Waals surface area (Å²) >= 11 is 0. The van der Waals surface area contributed by atoms with E-state index in [9.17, 15) is 14.7 Å². The Balaban J connectivity index is 1.63. The largest absolute Gasteiger partial charge is 0.507 e. The molecule has 1 aromatic carbocycles. The van der Waals surface area contributed by atoms with Crippen LogP contribution in [0, 0.1) is 0 Å². The van der Waals surface area contributed by atoms with E-state index in [-0.39, 0.29) is 11.3 Å². The standard InChI is InChI=1S/C26H31N3O5/c1-2-3-16-34-21-6-4-20(5-7-21)24(30)22-23(19-8-10-27-11-9-19)29(26(32)25(22)31)13-12-28-14-17-33-18-15-28/h4-11,23,30H,2-3,12-18H2,1H3/b24-22+/t23-/m0/s1. The smallest absolute Gasteiger partial charge is 0.295 e. The molecule has 0 bridgehead atoms. The van der Waals surface area contributed by atoms with E-state index in [2.05, 4.69) is 16.8 Å². The van der Waals surface area contributed by atoms with E-state index in [4.69, 9.17) is 9.47 Å². The normalized spacial score (nSPS) is 20.6. The predicted molar refractivity (Wildman–Crippen MR) is 127 cm³/mol. The number of carbonyl (C=O) groups excluding carboxylic acids is 2. The van der Waals surface area contributed by atoms with Crippen molar-refractivity contribution in [2.45, 2.75) is 25.8 Å². The summed E-state index contributed by atoms with van der Waals surface area (Å²) in [5.41, 5.74) is 1.29. The predicted octanol–water partition coefficient (Wildman–Crippen LogP) is 3.01. The molecule has 180 valence electrons. The van der Waals surface area contributed by atoms with Crippen LogP contribution in [-0.4, -0.2) is 77.6 Å². The van der Waals surface area contributed by atoms with Crippen molar-refractivity contribution in [1.82, 2.24) is 14.8 Å². The van der Waals surface area contributed by atoms with E-state index in [0.29, 0.717) is 44.2 Å². The number of ketones is 1. The third-order valence-corrected chi connectivity index (χ3v) is 6.22. The van der Waals surface area contributed by atoms with Crippen LogP contribution in [0.3, 0.4) is 0 Å². The van der Waals surface area contributed by atoms with E-state index in [1.54, 1.807) is 53.7 Å². The summed E-state index contributed by atoms with van der Waals surface area (Å²) in [5.74, 6) is -0.767. The topological polar surface area (TPSA) is 92.2 Å². The van der Waals surface area contributed by atoms with Gasteiger partial charge in [0.15, 0.2) is 0 Å². The molecule has 2 aromatic rings. The molecule has 8 nitrogen and oxygen atoms in total. The summed E-state index contributed by atoms with van der Waals surface area (Å²) in [7, 11) is 0. The lowest BCUT2D eigenvalue weighted by atomic mass is 9.96. The van der Waals surface area contributed by atoms with Crippen LogP contribution >= 0.6 is 0 Å². The quantitative estimate of drug-likeness (QED) is 0.263. The first-order chi connectivity index (χ1) is 16.6. The van der Waals surface area contributed by atoms with Crippen molar-refractivity contribution in [3.63, 3.8) is 0 Å². The molecule has 0 unspecified atom stereocenters. The Morgan fingerprint density at radius 1 is 1.09 bits per heavy atom. The number of nitrogens with zero attached hydrogens (tertiary/aromatic N) is 3. The minimum Gasteiger partial charge on any atom is -0.507 e. The second-order valence-electron chi connectivity index (χ2n) is 8.45. The monoisotopic (exact) mass is 465 g/mol. The second-order valence-corrected chi connectivity index (χ2v) is 8.45. The van der Waals surface area contributed by atoms with Crippen LogP contribution < -0.4 is 4.74 Å². The lowest BCUT2D eigenvalue weighted by Gasteiger charge is -2.30. The molecule has 3 heterocycles. The molecule has 1 amide bonds. The minimum absolute atomic E-state index is 0.0952. The van der Waals surface area contributed by atoms with Gasteiger partial charge in [-0.1, -0.05) is 13.3 Å². The average molecular weight is 466 g/mol. The van der Waals surface area contributed by atoms with Crippen LogP contribution in [0.25, 0.3) is 5.76 Å². The number of hydrogen-bond donors (Lipinski definition) is 1. The van der Waals surface area contributed by atoms with Crippen LogP contribution in [0.4, 0.5) is 0 Å². The summed E-state index contributed by atoms with van der Waals surface area (Å²) in [6.45, 7) is 6.61. The Labute approximate surface area is 199 Å². The average Bonchev–Trinajstić information content (AvgIpc) is 3.13. The molecule has 0 saturated carbocycles. The van der Waals surface area contributed by atoms with Gasteiger partial charge < -0.3 is 19.5 Å². The molecular weight excluding hydrogens is 434 g/mol. The maximum atomic E-state index is 13.1. The molecular formula is C26H31N3O5. The van der Waals surface area contributed by atoms with Crippen molar-refractivity contribution in [3.8, 4) is 5.75 Å². The van der Waals surface area contributed by atoms with E-state index in [1.165, 1.54) is 0 Å². The number of unbranched alkanes of at least 4 members (excludes halogenated alkanes) is 1. The number of Topliss-reactive ketones (excluding diaryl/α,β-unsaturated/α-hetero) is 1. The van der Waals surface area contributed by atoms with Crippen LogP contribution in [0.2, 0.25) is 0 Å². The van der Waals surface area contributed by atoms with Crippen molar-refractivity contribution in [3.05, 3.63) is 65.5 Å². The van der Waals surface area contributed by atoms with E-state index < -0.39 is 17.7 Å². The number of morpholine rings is 1. The number of benzene rings is 1. The Morgan fingerprint density at radius 2 is 1.79 bits per heavy atom. The molecule has 1 aromatic heterocycles. The Kier molecular flexibility index (Phi) is 7.92. The highest BCUT2D eigenvalue weighted by Gasteiger charge is 2.46. The number of rotatable bonds is 9. The first kappa shape index (κ1) is 23.9. The van der Waals surface area contributed by atoms with Gasteiger partial charge in [0.05, 0.1) is 31.4 Å². The number of carbonyl (C=O) groups is 2. The molecule has 2 saturated heterocycles. The molecule has 0 radical (unpaired) electrons. The molecule has 2 aliphatic heterocycles. The number of ether oxygens (including phenoxy) is 2. The summed E-state index contributed by atoms with van der Waals surface area (Å²) in [6.07, 6.45) is 5.25. The number of aliphatic hydroxyl groups excluding tert-OH is 1. The number of likely N-dealkylation sites (tertiary alicyclic amines) is 1. The van der Waals surface area contributed by atoms with Crippen LogP contribution in [0.1, 0.15) is 36.9 Å². The Hall–Kier alpha value is -3.23. The highest BCUT2D eigenvalue weighted by Crippen LogP contribution is 2.39. The first-order valence-corrected chi connectivity index (χ1v) is 11.8. The fourth-order valence-corrected chi connectivity index (χ4v) is 4.28. The van der Waals surface area contributed by atoms with Gasteiger partial charge in [0, 0.05) is 44.1 Å². The van der Waals surface area contributed by atoms with Gasteiger partial charge in [-0.15, -0.1) is 0 Å². The summed E-state index contributed by atoms with van der Waals surface area (Å²) < 4.78 is 11.1. The maximum absolute atomic E-state index is 13.1. The lowest BCUT2D eigenvalue weighted by molar-refractivity contribution is -0.140. The third-order valence-electron chi connectivity index (χ3n) is 6.22. The number of aliphatic hydroxyl groups is 1. The summed E-state index contributed by atoms with van der Waals surface area (Å²) in [6, 6.07) is 9.82. The van der Waals surface area contributed by atoms with Crippen molar-refractivity contribution in [1.29, 1.82) is 0 Å². The van der Waals surface area contributed by atoms with Gasteiger partial charge in [0.1, 0.15) is 11.5 Å². The Morgan fingerprint density at radius 3 is 2.47 bits per heavy atom. The zero-order valence-corrected chi connectivity index (χ0v) is 19.5. The van der Waals surface area contributed by atoms with Gasteiger partial charge in [0.25, 0.3) is 11.7 Å². The highest BCUT2D eigenvalue weighted by molar-refractivity contribution is 6.46. The van der Waals surface area contributed by atoms with Gasteiger partial charge in [-0.3, -0.25) is 19.5 Å². The fraction of sp³-hybridized carbons (Fsp3) is 0.423. The third kappa shape index (κ3) is 5.29. The summed E-state index contributed by atoms with van der Waals surface area (Å²) in [4.78, 5) is 34.0. The fourth-order valence-electron chi connectivity index (χ4n) is 4.28. The molecule has 34 heavy (non-hydrogen) atoms. The molecule has 2 fully saturated rings. The number of amides is 1. The number of pyridine rings is 1. The van der Waals surface area contributed by atoms with E-state index >= 15 is 0 Å².